The maximum Gasteiger partial charge on any atom is 0.335 e. The number of carboxylic acid groups (broad SMARTS) is 1. The van der Waals surface area contributed by atoms with Crippen LogP contribution in [0.15, 0.2) is 66.7 Å². The summed E-state index contributed by atoms with van der Waals surface area (Å²) in [6.07, 6.45) is 3.44. The van der Waals surface area contributed by atoms with E-state index in [0.29, 0.717) is 17.5 Å². The predicted octanol–water partition coefficient (Wildman–Crippen LogP) is 5.70. The summed E-state index contributed by atoms with van der Waals surface area (Å²) in [5, 5.41) is 11.6. The van der Waals surface area contributed by atoms with Crippen molar-refractivity contribution in [1.29, 1.82) is 0 Å². The highest BCUT2D eigenvalue weighted by Gasteiger charge is 2.30. The summed E-state index contributed by atoms with van der Waals surface area (Å²) >= 11 is 0. The smallest absolute Gasteiger partial charge is 0.335 e. The molecule has 0 saturated heterocycles. The van der Waals surface area contributed by atoms with Crippen LogP contribution in [0.25, 0.3) is 10.8 Å². The van der Waals surface area contributed by atoms with Crippen molar-refractivity contribution in [1.82, 2.24) is 0 Å². The van der Waals surface area contributed by atoms with Gasteiger partial charge in [0.2, 0.25) is 0 Å². The Labute approximate surface area is 160 Å². The summed E-state index contributed by atoms with van der Waals surface area (Å²) in [5.41, 5.74) is 2.92. The lowest BCUT2D eigenvalue weighted by Crippen LogP contribution is -2.33. The average molecular weight is 359 g/mol. The van der Waals surface area contributed by atoms with Crippen LogP contribution in [-0.4, -0.2) is 23.7 Å². The number of benzene rings is 3. The normalized spacial score (nSPS) is 19.3. The summed E-state index contributed by atoms with van der Waals surface area (Å²) in [7, 11) is 0. The zero-order chi connectivity index (χ0) is 18.8. The highest BCUT2D eigenvalue weighted by atomic mass is 16.4. The number of fused-ring (bicyclic) bond motifs is 1. The third-order valence-electron chi connectivity index (χ3n) is 5.88. The number of anilines is 1. The summed E-state index contributed by atoms with van der Waals surface area (Å²) in [6, 6.07) is 23.2. The van der Waals surface area contributed by atoms with Gasteiger partial charge in [-0.15, -0.1) is 0 Å². The van der Waals surface area contributed by atoms with Crippen molar-refractivity contribution >= 4 is 22.4 Å². The van der Waals surface area contributed by atoms with E-state index in [1.807, 2.05) is 12.1 Å². The minimum Gasteiger partial charge on any atom is -0.478 e. The first-order valence-electron chi connectivity index (χ1n) is 9.74. The molecular formula is C24H25NO2. The van der Waals surface area contributed by atoms with Crippen LogP contribution < -0.4 is 4.90 Å². The SMILES string of the molecule is CCN(c1ccc2ccccc2c1)C1CCC(c2ccc(C(=O)O)cc2)C1. The molecule has 3 nitrogen and oxygen atoms in total. The summed E-state index contributed by atoms with van der Waals surface area (Å²) < 4.78 is 0. The van der Waals surface area contributed by atoms with Crippen LogP contribution in [0.3, 0.4) is 0 Å². The lowest BCUT2D eigenvalue weighted by molar-refractivity contribution is 0.0697. The molecule has 27 heavy (non-hydrogen) atoms. The summed E-state index contributed by atoms with van der Waals surface area (Å²) in [6.45, 7) is 3.22. The van der Waals surface area contributed by atoms with E-state index in [9.17, 15) is 4.79 Å². The lowest BCUT2D eigenvalue weighted by atomic mass is 9.96. The lowest BCUT2D eigenvalue weighted by Gasteiger charge is -2.30. The van der Waals surface area contributed by atoms with Crippen molar-refractivity contribution in [3.8, 4) is 0 Å². The molecule has 1 aliphatic carbocycles. The van der Waals surface area contributed by atoms with Crippen molar-refractivity contribution in [2.24, 2.45) is 0 Å². The van der Waals surface area contributed by atoms with Gasteiger partial charge in [-0.2, -0.15) is 0 Å². The van der Waals surface area contributed by atoms with Gasteiger partial charge < -0.3 is 10.0 Å². The van der Waals surface area contributed by atoms with Gasteiger partial charge in [-0.1, -0.05) is 42.5 Å². The van der Waals surface area contributed by atoms with Crippen molar-refractivity contribution in [2.75, 3.05) is 11.4 Å². The van der Waals surface area contributed by atoms with Crippen molar-refractivity contribution in [3.63, 3.8) is 0 Å². The highest BCUT2D eigenvalue weighted by Crippen LogP contribution is 2.39. The van der Waals surface area contributed by atoms with Crippen molar-refractivity contribution < 1.29 is 9.90 Å². The van der Waals surface area contributed by atoms with Gasteiger partial charge in [0.05, 0.1) is 5.56 Å². The van der Waals surface area contributed by atoms with E-state index >= 15 is 0 Å². The standard InChI is InChI=1S/C24H25NO2/c1-2-25(22-13-11-17-5-3-4-6-20(17)15-22)23-14-12-21(16-23)18-7-9-19(10-8-18)24(26)27/h3-11,13,15,21,23H,2,12,14,16H2,1H3,(H,26,27). The number of nitrogens with zero attached hydrogens (tertiary/aromatic N) is 1. The van der Waals surface area contributed by atoms with Gasteiger partial charge in [0, 0.05) is 18.3 Å². The Morgan fingerprint density at radius 2 is 1.74 bits per heavy atom. The molecule has 0 bridgehead atoms. The molecular weight excluding hydrogens is 334 g/mol. The average Bonchev–Trinajstić information content (AvgIpc) is 3.18. The van der Waals surface area contributed by atoms with Crippen molar-refractivity contribution in [2.45, 2.75) is 38.1 Å². The Morgan fingerprint density at radius 3 is 2.44 bits per heavy atom. The topological polar surface area (TPSA) is 40.5 Å². The van der Waals surface area contributed by atoms with E-state index in [4.69, 9.17) is 5.11 Å². The summed E-state index contributed by atoms with van der Waals surface area (Å²) in [5.74, 6) is -0.355. The van der Waals surface area contributed by atoms with E-state index in [1.165, 1.54) is 28.4 Å². The number of carboxylic acids is 1. The molecule has 3 aromatic carbocycles. The highest BCUT2D eigenvalue weighted by molar-refractivity contribution is 5.87. The van der Waals surface area contributed by atoms with Gasteiger partial charge in [0.15, 0.2) is 0 Å². The Kier molecular flexibility index (Phi) is 4.85. The van der Waals surface area contributed by atoms with Gasteiger partial charge in [-0.3, -0.25) is 0 Å². The van der Waals surface area contributed by atoms with Crippen LogP contribution in [0, 0.1) is 0 Å². The van der Waals surface area contributed by atoms with Crippen LogP contribution in [0.1, 0.15) is 48.0 Å². The molecule has 3 heteroatoms. The largest absolute Gasteiger partial charge is 0.478 e. The van der Waals surface area contributed by atoms with E-state index in [2.05, 4.69) is 54.3 Å². The molecule has 2 unspecified atom stereocenters. The van der Waals surface area contributed by atoms with Crippen LogP contribution in [0.5, 0.6) is 0 Å². The van der Waals surface area contributed by atoms with Crippen molar-refractivity contribution in [3.05, 3.63) is 77.9 Å². The van der Waals surface area contributed by atoms with E-state index in [0.717, 1.165) is 19.4 Å². The molecule has 0 heterocycles. The molecule has 1 aliphatic rings. The number of hydrogen-bond acceptors (Lipinski definition) is 2. The number of hydrogen-bond donors (Lipinski definition) is 1. The fourth-order valence-corrected chi connectivity index (χ4v) is 4.45. The fourth-order valence-electron chi connectivity index (χ4n) is 4.45. The zero-order valence-corrected chi connectivity index (χ0v) is 15.6. The van der Waals surface area contributed by atoms with Gasteiger partial charge in [-0.25, -0.2) is 4.79 Å². The minimum absolute atomic E-state index is 0.361. The molecule has 4 rings (SSSR count). The first kappa shape index (κ1) is 17.6. The third kappa shape index (κ3) is 3.55. The first-order chi connectivity index (χ1) is 13.2. The molecule has 138 valence electrons. The van der Waals surface area contributed by atoms with E-state index < -0.39 is 5.97 Å². The molecule has 0 amide bonds. The molecule has 0 radical (unpaired) electrons. The second-order valence-electron chi connectivity index (χ2n) is 7.41. The Morgan fingerprint density at radius 1 is 1.00 bits per heavy atom. The second-order valence-corrected chi connectivity index (χ2v) is 7.41. The molecule has 0 aliphatic heterocycles. The van der Waals surface area contributed by atoms with Crippen LogP contribution in [0.2, 0.25) is 0 Å². The summed E-state index contributed by atoms with van der Waals surface area (Å²) in [4.78, 5) is 13.6. The van der Waals surface area contributed by atoms with E-state index in [-0.39, 0.29) is 0 Å². The molecule has 2 atom stereocenters. The maximum absolute atomic E-state index is 11.1. The van der Waals surface area contributed by atoms with Gasteiger partial charge in [0.25, 0.3) is 0 Å². The molecule has 1 saturated carbocycles. The Balaban J connectivity index is 1.52. The van der Waals surface area contributed by atoms with Gasteiger partial charge >= 0.3 is 5.97 Å². The molecule has 3 aromatic rings. The van der Waals surface area contributed by atoms with Crippen LogP contribution in [0.4, 0.5) is 5.69 Å². The molecule has 1 fully saturated rings. The molecule has 0 aromatic heterocycles. The Bertz CT molecular complexity index is 948. The molecule has 1 N–H and O–H groups in total. The first-order valence-corrected chi connectivity index (χ1v) is 9.74. The quantitative estimate of drug-likeness (QED) is 0.635. The Hall–Kier alpha value is -2.81. The van der Waals surface area contributed by atoms with Crippen LogP contribution in [-0.2, 0) is 0 Å². The van der Waals surface area contributed by atoms with Gasteiger partial charge in [0.1, 0.15) is 0 Å². The van der Waals surface area contributed by atoms with E-state index in [1.54, 1.807) is 12.1 Å². The number of rotatable bonds is 5. The minimum atomic E-state index is -0.862. The monoisotopic (exact) mass is 359 g/mol. The van der Waals surface area contributed by atoms with Gasteiger partial charge in [-0.05, 0) is 72.7 Å². The maximum atomic E-state index is 11.1. The van der Waals surface area contributed by atoms with Crippen LogP contribution >= 0.6 is 0 Å². The fraction of sp³-hybridized carbons (Fsp3) is 0.292. The zero-order valence-electron chi connectivity index (χ0n) is 15.6. The third-order valence-corrected chi connectivity index (χ3v) is 5.88. The molecule has 0 spiro atoms. The number of carbonyl (C=O) groups is 1. The predicted molar refractivity (Wildman–Crippen MR) is 111 cm³/mol. The second kappa shape index (κ2) is 7.43. The number of aromatic carboxylic acids is 1.